The molecule has 0 saturated carbocycles. The van der Waals surface area contributed by atoms with Crippen LogP contribution in [0.3, 0.4) is 0 Å². The molecule has 2 aromatic rings. The minimum absolute atomic E-state index is 0.266. The van der Waals surface area contributed by atoms with Crippen molar-refractivity contribution in [2.45, 2.75) is 19.6 Å². The predicted molar refractivity (Wildman–Crippen MR) is 94.5 cm³/mol. The summed E-state index contributed by atoms with van der Waals surface area (Å²) in [5.41, 5.74) is 2.02. The molecule has 26 heavy (non-hydrogen) atoms. The summed E-state index contributed by atoms with van der Waals surface area (Å²) in [5.74, 6) is 0.0400. The molecule has 2 amide bonds. The van der Waals surface area contributed by atoms with Crippen molar-refractivity contribution in [2.24, 2.45) is 0 Å². The molecule has 1 aliphatic rings. The highest BCUT2D eigenvalue weighted by Crippen LogP contribution is 2.14. The average molecular weight is 352 g/mol. The van der Waals surface area contributed by atoms with Gasteiger partial charge in [-0.15, -0.1) is 0 Å². The number of methoxy groups -OCH3 is 1. The first-order valence-corrected chi connectivity index (χ1v) is 8.32. The Morgan fingerprint density at radius 1 is 1.15 bits per heavy atom. The number of rotatable bonds is 8. The van der Waals surface area contributed by atoms with Crippen molar-refractivity contribution in [2.75, 3.05) is 13.7 Å². The first-order valence-electron chi connectivity index (χ1n) is 8.32. The van der Waals surface area contributed by atoms with Gasteiger partial charge in [0.1, 0.15) is 11.5 Å². The molecule has 0 aliphatic carbocycles. The molecule has 0 fully saturated rings. The summed E-state index contributed by atoms with van der Waals surface area (Å²) >= 11 is 0. The van der Waals surface area contributed by atoms with Gasteiger partial charge in [-0.3, -0.25) is 14.5 Å². The van der Waals surface area contributed by atoms with E-state index in [0.717, 1.165) is 11.3 Å². The van der Waals surface area contributed by atoms with E-state index in [1.807, 2.05) is 30.3 Å². The lowest BCUT2D eigenvalue weighted by molar-refractivity contribution is -0.138. The van der Waals surface area contributed by atoms with Gasteiger partial charge in [0.05, 0.1) is 18.8 Å². The van der Waals surface area contributed by atoms with Crippen molar-refractivity contribution in [1.82, 2.24) is 20.2 Å². The van der Waals surface area contributed by atoms with Crippen molar-refractivity contribution in [1.29, 1.82) is 0 Å². The fourth-order valence-electron chi connectivity index (χ4n) is 2.65. The molecule has 0 spiro atoms. The van der Waals surface area contributed by atoms with Gasteiger partial charge in [-0.2, -0.15) is 0 Å². The number of ether oxygens (including phenoxy) is 1. The number of aromatic nitrogens is 2. The Hall–Kier alpha value is -3.06. The molecule has 1 N–H and O–H groups in total. The van der Waals surface area contributed by atoms with Crippen LogP contribution >= 0.6 is 0 Å². The number of hydrogen-bond acceptors (Lipinski definition) is 6. The molecule has 0 saturated heterocycles. The van der Waals surface area contributed by atoms with Crippen LogP contribution in [0.2, 0.25) is 0 Å². The van der Waals surface area contributed by atoms with Crippen molar-refractivity contribution >= 4 is 11.8 Å². The fourth-order valence-corrected chi connectivity index (χ4v) is 2.65. The van der Waals surface area contributed by atoms with Gasteiger partial charge in [-0.25, -0.2) is 9.97 Å². The van der Waals surface area contributed by atoms with Crippen LogP contribution in [0.25, 0.3) is 0 Å². The third-order valence-electron chi connectivity index (χ3n) is 3.91. The minimum Gasteiger partial charge on any atom is -0.380 e. The second-order valence-electron chi connectivity index (χ2n) is 5.85. The third kappa shape index (κ3) is 4.31. The summed E-state index contributed by atoms with van der Waals surface area (Å²) in [6.45, 7) is 1.15. The lowest BCUT2D eigenvalue weighted by atomic mass is 10.2. The normalized spacial score (nSPS) is 13.9. The van der Waals surface area contributed by atoms with Gasteiger partial charge in [0, 0.05) is 32.3 Å². The maximum Gasteiger partial charge on any atom is 0.277 e. The molecule has 1 aliphatic heterocycles. The Kier molecular flexibility index (Phi) is 5.70. The number of amides is 2. The minimum atomic E-state index is -0.312. The highest BCUT2D eigenvalue weighted by atomic mass is 16.5. The Morgan fingerprint density at radius 3 is 2.73 bits per heavy atom. The van der Waals surface area contributed by atoms with E-state index in [1.54, 1.807) is 19.4 Å². The summed E-state index contributed by atoms with van der Waals surface area (Å²) in [4.78, 5) is 34.3. The standard InChI is InChI=1S/C19H20N4O3/c1-26-13-15-7-9-21-17(22-15)8-10-20-16-11-18(24)23(19(16)25)12-14-5-3-2-4-6-14/h2-7,9,11,20H,8,10,12-13H2,1H3. The number of carbonyl (C=O) groups excluding carboxylic acids is 2. The highest BCUT2D eigenvalue weighted by molar-refractivity contribution is 6.15. The van der Waals surface area contributed by atoms with E-state index >= 15 is 0 Å². The van der Waals surface area contributed by atoms with E-state index in [-0.39, 0.29) is 18.4 Å². The van der Waals surface area contributed by atoms with E-state index < -0.39 is 0 Å². The van der Waals surface area contributed by atoms with Crippen LogP contribution in [0.15, 0.2) is 54.4 Å². The number of nitrogens with one attached hydrogen (secondary N) is 1. The Labute approximate surface area is 151 Å². The van der Waals surface area contributed by atoms with Gasteiger partial charge >= 0.3 is 0 Å². The van der Waals surface area contributed by atoms with Gasteiger partial charge in [-0.1, -0.05) is 30.3 Å². The Bertz CT molecular complexity index is 821. The summed E-state index contributed by atoms with van der Waals surface area (Å²) in [6, 6.07) is 11.2. The number of imide groups is 1. The Balaban J connectivity index is 1.54. The van der Waals surface area contributed by atoms with Crippen LogP contribution in [0, 0.1) is 0 Å². The lowest BCUT2D eigenvalue weighted by Gasteiger charge is -2.15. The average Bonchev–Trinajstić information content (AvgIpc) is 2.91. The predicted octanol–water partition coefficient (Wildman–Crippen LogP) is 1.21. The number of hydrogen-bond donors (Lipinski definition) is 1. The SMILES string of the molecule is COCc1ccnc(CCNC2=CC(=O)N(Cc3ccccc3)C2=O)n1. The van der Waals surface area contributed by atoms with Gasteiger partial charge in [0.15, 0.2) is 0 Å². The molecule has 3 rings (SSSR count). The van der Waals surface area contributed by atoms with E-state index in [9.17, 15) is 9.59 Å². The molecule has 0 radical (unpaired) electrons. The van der Waals surface area contributed by atoms with Gasteiger partial charge in [0.2, 0.25) is 0 Å². The van der Waals surface area contributed by atoms with Crippen molar-refractivity contribution < 1.29 is 14.3 Å². The largest absolute Gasteiger partial charge is 0.380 e. The summed E-state index contributed by atoms with van der Waals surface area (Å²) in [6.07, 6.45) is 3.56. The van der Waals surface area contributed by atoms with Gasteiger partial charge in [0.25, 0.3) is 11.8 Å². The van der Waals surface area contributed by atoms with Crippen LogP contribution in [0.1, 0.15) is 17.1 Å². The Morgan fingerprint density at radius 2 is 1.96 bits per heavy atom. The second kappa shape index (κ2) is 8.35. The second-order valence-corrected chi connectivity index (χ2v) is 5.85. The molecule has 2 heterocycles. The molecular weight excluding hydrogens is 332 g/mol. The van der Waals surface area contributed by atoms with Crippen LogP contribution in [-0.2, 0) is 33.9 Å². The topological polar surface area (TPSA) is 84.4 Å². The van der Waals surface area contributed by atoms with E-state index in [4.69, 9.17) is 4.74 Å². The first-order chi connectivity index (χ1) is 12.7. The molecular formula is C19H20N4O3. The number of benzene rings is 1. The van der Waals surface area contributed by atoms with E-state index in [1.165, 1.54) is 11.0 Å². The summed E-state index contributed by atoms with van der Waals surface area (Å²) in [5, 5.41) is 3.02. The number of nitrogens with zero attached hydrogens (tertiary/aromatic N) is 3. The molecule has 1 aromatic heterocycles. The zero-order valence-electron chi connectivity index (χ0n) is 14.5. The summed E-state index contributed by atoms with van der Waals surface area (Å²) < 4.78 is 5.05. The molecule has 7 nitrogen and oxygen atoms in total. The van der Waals surface area contributed by atoms with E-state index in [0.29, 0.717) is 31.1 Å². The monoisotopic (exact) mass is 352 g/mol. The van der Waals surface area contributed by atoms with Crippen molar-refractivity contribution in [3.8, 4) is 0 Å². The molecule has 0 atom stereocenters. The molecule has 7 heteroatoms. The van der Waals surface area contributed by atoms with Crippen molar-refractivity contribution in [3.05, 3.63) is 71.4 Å². The maximum absolute atomic E-state index is 12.4. The molecule has 134 valence electrons. The van der Waals surface area contributed by atoms with Crippen LogP contribution in [0.4, 0.5) is 0 Å². The third-order valence-corrected chi connectivity index (χ3v) is 3.91. The van der Waals surface area contributed by atoms with Crippen LogP contribution in [0.5, 0.6) is 0 Å². The fraction of sp³-hybridized carbons (Fsp3) is 0.263. The molecule has 1 aromatic carbocycles. The molecule has 0 unspecified atom stereocenters. The quantitative estimate of drug-likeness (QED) is 0.719. The maximum atomic E-state index is 12.4. The first kappa shape index (κ1) is 17.8. The van der Waals surface area contributed by atoms with Crippen LogP contribution in [-0.4, -0.2) is 40.3 Å². The number of carbonyl (C=O) groups is 2. The summed E-state index contributed by atoms with van der Waals surface area (Å²) in [7, 11) is 1.61. The smallest absolute Gasteiger partial charge is 0.277 e. The van der Waals surface area contributed by atoms with Crippen molar-refractivity contribution in [3.63, 3.8) is 0 Å². The van der Waals surface area contributed by atoms with Crippen LogP contribution < -0.4 is 5.32 Å². The molecule has 0 bridgehead atoms. The van der Waals surface area contributed by atoms with Gasteiger partial charge in [-0.05, 0) is 11.6 Å². The van der Waals surface area contributed by atoms with E-state index in [2.05, 4.69) is 15.3 Å². The lowest BCUT2D eigenvalue weighted by Crippen LogP contribution is -2.33. The zero-order chi connectivity index (χ0) is 18.4. The van der Waals surface area contributed by atoms with Gasteiger partial charge < -0.3 is 10.1 Å². The zero-order valence-corrected chi connectivity index (χ0v) is 14.5. The highest BCUT2D eigenvalue weighted by Gasteiger charge is 2.30.